The van der Waals surface area contributed by atoms with Gasteiger partial charge in [-0.3, -0.25) is 4.90 Å². The zero-order valence-corrected chi connectivity index (χ0v) is 12.2. The van der Waals surface area contributed by atoms with E-state index >= 15 is 0 Å². The molecule has 0 saturated carbocycles. The molecular formula is C14H28N2O3. The van der Waals surface area contributed by atoms with Crippen molar-refractivity contribution in [2.45, 2.75) is 38.0 Å². The van der Waals surface area contributed by atoms with E-state index in [-0.39, 0.29) is 6.10 Å². The van der Waals surface area contributed by atoms with Crippen molar-refractivity contribution in [3.63, 3.8) is 0 Å². The van der Waals surface area contributed by atoms with Gasteiger partial charge in [-0.1, -0.05) is 0 Å². The van der Waals surface area contributed by atoms with E-state index in [9.17, 15) is 5.11 Å². The molecule has 0 aromatic carbocycles. The number of likely N-dealkylation sites (tertiary alicyclic amines) is 1. The van der Waals surface area contributed by atoms with Crippen molar-refractivity contribution in [3.05, 3.63) is 0 Å². The first-order valence-corrected chi connectivity index (χ1v) is 7.44. The number of aliphatic hydroxyl groups excluding tert-OH is 1. The van der Waals surface area contributed by atoms with Gasteiger partial charge in [-0.05, 0) is 38.8 Å². The van der Waals surface area contributed by atoms with Crippen LogP contribution in [0, 0.1) is 5.92 Å². The van der Waals surface area contributed by atoms with Crippen LogP contribution in [-0.2, 0) is 9.47 Å². The molecule has 0 bridgehead atoms. The number of aliphatic hydroxyl groups is 1. The van der Waals surface area contributed by atoms with E-state index in [4.69, 9.17) is 9.47 Å². The second-order valence-electron chi connectivity index (χ2n) is 5.88. The summed E-state index contributed by atoms with van der Waals surface area (Å²) in [6, 6.07) is 0.611. The lowest BCUT2D eigenvalue weighted by Crippen LogP contribution is -2.49. The van der Waals surface area contributed by atoms with Gasteiger partial charge in [-0.2, -0.15) is 0 Å². The van der Waals surface area contributed by atoms with Crippen LogP contribution < -0.4 is 5.32 Å². The van der Waals surface area contributed by atoms with Crippen molar-refractivity contribution >= 4 is 0 Å². The summed E-state index contributed by atoms with van der Waals surface area (Å²) in [6.07, 6.45) is 2.21. The Morgan fingerprint density at radius 1 is 1.37 bits per heavy atom. The van der Waals surface area contributed by atoms with Crippen LogP contribution in [0.15, 0.2) is 0 Å². The maximum Gasteiger partial charge on any atom is 0.0900 e. The first-order chi connectivity index (χ1) is 9.20. The lowest BCUT2D eigenvalue weighted by atomic mass is 9.92. The molecule has 0 spiro atoms. The molecule has 5 heteroatoms. The maximum absolute atomic E-state index is 10.1. The molecule has 19 heavy (non-hydrogen) atoms. The van der Waals surface area contributed by atoms with Crippen LogP contribution in [0.4, 0.5) is 0 Å². The topological polar surface area (TPSA) is 54.0 Å². The van der Waals surface area contributed by atoms with Gasteiger partial charge in [0, 0.05) is 26.2 Å². The van der Waals surface area contributed by atoms with Gasteiger partial charge in [0.25, 0.3) is 0 Å². The van der Waals surface area contributed by atoms with Crippen molar-refractivity contribution in [2.24, 2.45) is 5.92 Å². The average molecular weight is 272 g/mol. The molecule has 0 aliphatic carbocycles. The summed E-state index contributed by atoms with van der Waals surface area (Å²) in [7, 11) is 1.66. The Labute approximate surface area is 116 Å². The zero-order valence-electron chi connectivity index (χ0n) is 12.2. The van der Waals surface area contributed by atoms with Crippen molar-refractivity contribution in [1.29, 1.82) is 0 Å². The van der Waals surface area contributed by atoms with Gasteiger partial charge in [0.1, 0.15) is 0 Å². The number of methoxy groups -OCH3 is 1. The predicted octanol–water partition coefficient (Wildman–Crippen LogP) is 0.0826. The fraction of sp³-hybridized carbons (Fsp3) is 1.00. The number of nitrogens with one attached hydrogen (secondary N) is 1. The number of β-amino-alcohol motifs (C(OH)–C–C–N with tert-alkyl or cyclic N) is 1. The van der Waals surface area contributed by atoms with E-state index in [1.54, 1.807) is 7.11 Å². The van der Waals surface area contributed by atoms with Crippen LogP contribution in [0.25, 0.3) is 0 Å². The van der Waals surface area contributed by atoms with Crippen LogP contribution in [0.3, 0.4) is 0 Å². The van der Waals surface area contributed by atoms with Crippen molar-refractivity contribution in [2.75, 3.05) is 46.5 Å². The number of hydrogen-bond donors (Lipinski definition) is 2. The van der Waals surface area contributed by atoms with Crippen LogP contribution in [0.1, 0.15) is 19.8 Å². The third-order valence-corrected chi connectivity index (χ3v) is 4.21. The average Bonchev–Trinajstić information content (AvgIpc) is 2.86. The molecule has 2 fully saturated rings. The molecule has 2 heterocycles. The lowest BCUT2D eigenvalue weighted by Gasteiger charge is -2.38. The first-order valence-electron chi connectivity index (χ1n) is 7.44. The number of hydrogen-bond acceptors (Lipinski definition) is 5. The van der Waals surface area contributed by atoms with Gasteiger partial charge in [0.15, 0.2) is 0 Å². The second-order valence-corrected chi connectivity index (χ2v) is 5.88. The molecular weight excluding hydrogens is 244 g/mol. The summed E-state index contributed by atoms with van der Waals surface area (Å²) in [5, 5.41) is 13.6. The monoisotopic (exact) mass is 272 g/mol. The van der Waals surface area contributed by atoms with E-state index in [2.05, 4.69) is 10.2 Å². The number of fused-ring (bicyclic) bond motifs is 1. The maximum atomic E-state index is 10.1. The molecule has 2 aliphatic rings. The summed E-state index contributed by atoms with van der Waals surface area (Å²) in [5.74, 6) is 0.772. The minimum atomic E-state index is -0.404. The summed E-state index contributed by atoms with van der Waals surface area (Å²) < 4.78 is 10.6. The molecule has 112 valence electrons. The Morgan fingerprint density at radius 2 is 2.21 bits per heavy atom. The molecule has 2 rings (SSSR count). The smallest absolute Gasteiger partial charge is 0.0900 e. The summed E-state index contributed by atoms with van der Waals surface area (Å²) in [6.45, 7) is 6.97. The number of nitrogens with zero attached hydrogens (tertiary/aromatic N) is 1. The molecule has 4 unspecified atom stereocenters. The molecule has 0 aromatic heterocycles. The highest BCUT2D eigenvalue weighted by Crippen LogP contribution is 2.26. The Balaban J connectivity index is 1.70. The molecule has 0 amide bonds. The SMILES string of the molecule is COCC(C)OCC(O)CN1CCCC2CNCC21. The van der Waals surface area contributed by atoms with Crippen molar-refractivity contribution < 1.29 is 14.6 Å². The first kappa shape index (κ1) is 15.2. The summed E-state index contributed by atoms with van der Waals surface area (Å²) >= 11 is 0. The Bertz CT molecular complexity index is 265. The Kier molecular flexibility index (Phi) is 6.04. The largest absolute Gasteiger partial charge is 0.389 e. The van der Waals surface area contributed by atoms with Gasteiger partial charge in [-0.15, -0.1) is 0 Å². The van der Waals surface area contributed by atoms with E-state index in [0.29, 0.717) is 19.3 Å². The lowest BCUT2D eigenvalue weighted by molar-refractivity contribution is -0.0462. The number of piperidine rings is 1. The minimum Gasteiger partial charge on any atom is -0.389 e. The molecule has 2 aliphatic heterocycles. The van der Waals surface area contributed by atoms with Crippen LogP contribution >= 0.6 is 0 Å². The van der Waals surface area contributed by atoms with Gasteiger partial charge >= 0.3 is 0 Å². The van der Waals surface area contributed by atoms with E-state index in [1.165, 1.54) is 12.8 Å². The third kappa shape index (κ3) is 4.39. The van der Waals surface area contributed by atoms with Crippen LogP contribution in [0.2, 0.25) is 0 Å². The molecule has 0 radical (unpaired) electrons. The van der Waals surface area contributed by atoms with Gasteiger partial charge in [0.05, 0.1) is 25.4 Å². The van der Waals surface area contributed by atoms with Gasteiger partial charge in [-0.25, -0.2) is 0 Å². The van der Waals surface area contributed by atoms with Crippen LogP contribution in [0.5, 0.6) is 0 Å². The fourth-order valence-corrected chi connectivity index (χ4v) is 3.27. The zero-order chi connectivity index (χ0) is 13.7. The highest BCUT2D eigenvalue weighted by atomic mass is 16.5. The Hall–Kier alpha value is -0.200. The standard InChI is InChI=1S/C14H28N2O3/c1-11(9-18-2)19-10-13(17)8-16-5-3-4-12-6-15-7-14(12)16/h11-15,17H,3-10H2,1-2H3. The number of ether oxygens (including phenoxy) is 2. The van der Waals surface area contributed by atoms with E-state index in [1.807, 2.05) is 6.92 Å². The number of rotatable bonds is 7. The molecule has 2 saturated heterocycles. The summed E-state index contributed by atoms with van der Waals surface area (Å²) in [5.41, 5.74) is 0. The van der Waals surface area contributed by atoms with Gasteiger partial charge < -0.3 is 19.9 Å². The normalized spacial score (nSPS) is 31.1. The molecule has 0 aromatic rings. The van der Waals surface area contributed by atoms with Crippen LogP contribution in [-0.4, -0.2) is 74.8 Å². The quantitative estimate of drug-likeness (QED) is 0.687. The van der Waals surface area contributed by atoms with E-state index < -0.39 is 6.10 Å². The highest BCUT2D eigenvalue weighted by Gasteiger charge is 2.35. The molecule has 2 N–H and O–H groups in total. The predicted molar refractivity (Wildman–Crippen MR) is 74.3 cm³/mol. The highest BCUT2D eigenvalue weighted by molar-refractivity contribution is 4.92. The summed E-state index contributed by atoms with van der Waals surface area (Å²) in [4.78, 5) is 2.43. The van der Waals surface area contributed by atoms with E-state index in [0.717, 1.165) is 32.1 Å². The van der Waals surface area contributed by atoms with Crippen molar-refractivity contribution in [3.8, 4) is 0 Å². The fourth-order valence-electron chi connectivity index (χ4n) is 3.27. The molecule has 5 nitrogen and oxygen atoms in total. The molecule has 4 atom stereocenters. The third-order valence-electron chi connectivity index (χ3n) is 4.21. The Morgan fingerprint density at radius 3 is 3.00 bits per heavy atom. The van der Waals surface area contributed by atoms with Crippen molar-refractivity contribution in [1.82, 2.24) is 10.2 Å². The minimum absolute atomic E-state index is 0.0434. The van der Waals surface area contributed by atoms with Gasteiger partial charge in [0.2, 0.25) is 0 Å². The second kappa shape index (κ2) is 7.55.